The predicted molar refractivity (Wildman–Crippen MR) is 66.9 cm³/mol. The second kappa shape index (κ2) is 9.69. The summed E-state index contributed by atoms with van der Waals surface area (Å²) in [5.74, 6) is -1.36. The Kier molecular flexibility index (Phi) is 8.82. The summed E-state index contributed by atoms with van der Waals surface area (Å²) in [4.78, 5) is 22.1. The molecular weight excluding hydrogens is 220 g/mol. The number of allylic oxidation sites excluding steroid dienone is 1. The lowest BCUT2D eigenvalue weighted by Gasteiger charge is -2.12. The summed E-state index contributed by atoms with van der Waals surface area (Å²) in [6.07, 6.45) is 6.02. The van der Waals surface area contributed by atoms with Crippen LogP contribution >= 0.6 is 0 Å². The average molecular weight is 242 g/mol. The monoisotopic (exact) mass is 242 g/mol. The molecule has 0 bridgehead atoms. The van der Waals surface area contributed by atoms with Crippen molar-refractivity contribution in [3.8, 4) is 0 Å². The molecule has 0 rings (SSSR count). The minimum atomic E-state index is -0.860. The molecule has 0 aliphatic carbocycles. The van der Waals surface area contributed by atoms with Gasteiger partial charge in [0.2, 0.25) is 0 Å². The largest absolute Gasteiger partial charge is 0.481 e. The quantitative estimate of drug-likeness (QED) is 0.448. The molecule has 1 atom stereocenters. The second-order valence-corrected chi connectivity index (χ2v) is 3.82. The Morgan fingerprint density at radius 1 is 1.35 bits per heavy atom. The maximum absolute atomic E-state index is 11.3. The van der Waals surface area contributed by atoms with E-state index in [9.17, 15) is 9.59 Å². The molecule has 17 heavy (non-hydrogen) atoms. The van der Waals surface area contributed by atoms with Gasteiger partial charge in [-0.15, -0.1) is 0 Å². The van der Waals surface area contributed by atoms with Gasteiger partial charge in [-0.05, 0) is 19.8 Å². The maximum atomic E-state index is 11.3. The van der Waals surface area contributed by atoms with Crippen molar-refractivity contribution in [2.75, 3.05) is 13.1 Å². The van der Waals surface area contributed by atoms with Crippen molar-refractivity contribution in [3.05, 3.63) is 12.2 Å². The first kappa shape index (κ1) is 15.5. The number of hydrogen-bond acceptors (Lipinski definition) is 2. The minimum absolute atomic E-state index is 0.179. The highest BCUT2D eigenvalue weighted by Crippen LogP contribution is 2.04. The van der Waals surface area contributed by atoms with E-state index in [1.165, 1.54) is 0 Å². The van der Waals surface area contributed by atoms with Crippen molar-refractivity contribution in [3.63, 3.8) is 0 Å². The SMILES string of the molecule is C/C=C/CCNC(=O)NCC(CCC)C(=O)O. The van der Waals surface area contributed by atoms with Crippen LogP contribution in [0.25, 0.3) is 0 Å². The van der Waals surface area contributed by atoms with Crippen molar-refractivity contribution < 1.29 is 14.7 Å². The molecule has 2 amide bonds. The maximum Gasteiger partial charge on any atom is 0.314 e. The molecule has 0 aliphatic rings. The molecule has 0 aromatic carbocycles. The van der Waals surface area contributed by atoms with Crippen LogP contribution in [0.3, 0.4) is 0 Å². The zero-order valence-corrected chi connectivity index (χ0v) is 10.5. The van der Waals surface area contributed by atoms with E-state index in [1.807, 2.05) is 26.0 Å². The summed E-state index contributed by atoms with van der Waals surface area (Å²) in [6.45, 7) is 4.58. The fourth-order valence-electron chi connectivity index (χ4n) is 1.38. The number of carbonyl (C=O) groups is 2. The third-order valence-corrected chi connectivity index (χ3v) is 2.33. The predicted octanol–water partition coefficient (Wildman–Crippen LogP) is 1.75. The Morgan fingerprint density at radius 3 is 2.59 bits per heavy atom. The van der Waals surface area contributed by atoms with Crippen LogP contribution in [0.1, 0.15) is 33.1 Å². The molecule has 5 nitrogen and oxygen atoms in total. The number of rotatable bonds is 8. The van der Waals surface area contributed by atoms with Gasteiger partial charge in [0, 0.05) is 13.1 Å². The van der Waals surface area contributed by atoms with Gasteiger partial charge in [-0.2, -0.15) is 0 Å². The fourth-order valence-corrected chi connectivity index (χ4v) is 1.38. The van der Waals surface area contributed by atoms with Crippen LogP contribution in [0.2, 0.25) is 0 Å². The third kappa shape index (κ3) is 8.30. The van der Waals surface area contributed by atoms with E-state index in [1.54, 1.807) is 0 Å². The van der Waals surface area contributed by atoms with Gasteiger partial charge in [0.1, 0.15) is 0 Å². The molecule has 0 fully saturated rings. The van der Waals surface area contributed by atoms with Gasteiger partial charge >= 0.3 is 12.0 Å². The highest BCUT2D eigenvalue weighted by atomic mass is 16.4. The molecule has 0 saturated carbocycles. The Hall–Kier alpha value is -1.52. The molecule has 5 heteroatoms. The van der Waals surface area contributed by atoms with E-state index >= 15 is 0 Å². The number of nitrogens with one attached hydrogen (secondary N) is 2. The van der Waals surface area contributed by atoms with Crippen molar-refractivity contribution in [2.24, 2.45) is 5.92 Å². The first-order chi connectivity index (χ1) is 8.11. The van der Waals surface area contributed by atoms with Crippen LogP contribution in [0, 0.1) is 5.92 Å². The Morgan fingerprint density at radius 2 is 2.06 bits per heavy atom. The standard InChI is InChI=1S/C12H22N2O3/c1-3-5-6-8-13-12(17)14-9-10(7-4-2)11(15)16/h3,5,10H,4,6-9H2,1-2H3,(H,15,16)(H2,13,14,17)/b5-3+. The van der Waals surface area contributed by atoms with Crippen LogP contribution in [-0.2, 0) is 4.79 Å². The molecule has 0 saturated heterocycles. The Labute approximate surface area is 102 Å². The van der Waals surface area contributed by atoms with Gasteiger partial charge in [0.15, 0.2) is 0 Å². The second-order valence-electron chi connectivity index (χ2n) is 3.82. The summed E-state index contributed by atoms with van der Waals surface area (Å²) in [5, 5.41) is 14.1. The smallest absolute Gasteiger partial charge is 0.314 e. The summed E-state index contributed by atoms with van der Waals surface area (Å²) in [6, 6.07) is -0.308. The summed E-state index contributed by atoms with van der Waals surface area (Å²) < 4.78 is 0. The fraction of sp³-hybridized carbons (Fsp3) is 0.667. The summed E-state index contributed by atoms with van der Waals surface area (Å²) >= 11 is 0. The molecule has 0 heterocycles. The van der Waals surface area contributed by atoms with Gasteiger partial charge in [0.05, 0.1) is 5.92 Å². The van der Waals surface area contributed by atoms with Gasteiger partial charge in [-0.3, -0.25) is 4.79 Å². The van der Waals surface area contributed by atoms with Gasteiger partial charge in [-0.25, -0.2) is 4.79 Å². The molecule has 0 aromatic heterocycles. The number of carboxylic acids is 1. The molecule has 0 radical (unpaired) electrons. The van der Waals surface area contributed by atoms with E-state index in [-0.39, 0.29) is 12.6 Å². The van der Waals surface area contributed by atoms with Crippen LogP contribution in [0.15, 0.2) is 12.2 Å². The first-order valence-corrected chi connectivity index (χ1v) is 5.97. The van der Waals surface area contributed by atoms with Gasteiger partial charge in [0.25, 0.3) is 0 Å². The Balaban J connectivity index is 3.76. The van der Waals surface area contributed by atoms with Crippen molar-refractivity contribution >= 4 is 12.0 Å². The number of urea groups is 1. The molecule has 0 aliphatic heterocycles. The van der Waals surface area contributed by atoms with Crippen LogP contribution in [0.5, 0.6) is 0 Å². The van der Waals surface area contributed by atoms with Crippen LogP contribution in [0.4, 0.5) is 4.79 Å². The van der Waals surface area contributed by atoms with Crippen LogP contribution in [-0.4, -0.2) is 30.2 Å². The van der Waals surface area contributed by atoms with Crippen molar-refractivity contribution in [1.29, 1.82) is 0 Å². The Bertz CT molecular complexity index is 264. The number of carboxylic acid groups (broad SMARTS) is 1. The van der Waals surface area contributed by atoms with Crippen molar-refractivity contribution in [2.45, 2.75) is 33.1 Å². The molecule has 0 aromatic rings. The molecule has 1 unspecified atom stereocenters. The highest BCUT2D eigenvalue weighted by Gasteiger charge is 2.16. The highest BCUT2D eigenvalue weighted by molar-refractivity contribution is 5.75. The number of aliphatic carboxylic acids is 1. The van der Waals surface area contributed by atoms with E-state index in [0.717, 1.165) is 12.8 Å². The molecule has 98 valence electrons. The van der Waals surface area contributed by atoms with Gasteiger partial charge in [-0.1, -0.05) is 25.5 Å². The first-order valence-electron chi connectivity index (χ1n) is 5.97. The number of carbonyl (C=O) groups excluding carboxylic acids is 1. The minimum Gasteiger partial charge on any atom is -0.481 e. The normalized spacial score (nSPS) is 12.4. The molecular formula is C12H22N2O3. The summed E-state index contributed by atoms with van der Waals surface area (Å²) in [7, 11) is 0. The summed E-state index contributed by atoms with van der Waals surface area (Å²) in [5.41, 5.74) is 0. The topological polar surface area (TPSA) is 78.4 Å². The zero-order valence-electron chi connectivity index (χ0n) is 10.5. The van der Waals surface area contributed by atoms with Crippen molar-refractivity contribution in [1.82, 2.24) is 10.6 Å². The third-order valence-electron chi connectivity index (χ3n) is 2.33. The molecule has 0 spiro atoms. The average Bonchev–Trinajstić information content (AvgIpc) is 2.29. The van der Waals surface area contributed by atoms with E-state index in [0.29, 0.717) is 13.0 Å². The van der Waals surface area contributed by atoms with E-state index < -0.39 is 11.9 Å². The lowest BCUT2D eigenvalue weighted by Crippen LogP contribution is -2.40. The lowest BCUT2D eigenvalue weighted by atomic mass is 10.0. The number of amides is 2. The van der Waals surface area contributed by atoms with Crippen LogP contribution < -0.4 is 10.6 Å². The van der Waals surface area contributed by atoms with Gasteiger partial charge < -0.3 is 15.7 Å². The van der Waals surface area contributed by atoms with E-state index in [4.69, 9.17) is 5.11 Å². The zero-order chi connectivity index (χ0) is 13.1. The molecule has 3 N–H and O–H groups in total. The number of hydrogen-bond donors (Lipinski definition) is 3. The van der Waals surface area contributed by atoms with E-state index in [2.05, 4.69) is 10.6 Å². The lowest BCUT2D eigenvalue weighted by molar-refractivity contribution is -0.141.